The highest BCUT2D eigenvalue weighted by Gasteiger charge is 2.19. The van der Waals surface area contributed by atoms with Gasteiger partial charge in [-0.05, 0) is 19.9 Å². The van der Waals surface area contributed by atoms with Crippen LogP contribution in [0, 0.1) is 5.82 Å². The van der Waals surface area contributed by atoms with E-state index in [1.165, 1.54) is 13.0 Å². The van der Waals surface area contributed by atoms with Gasteiger partial charge in [-0.1, -0.05) is 12.1 Å². The molecule has 0 aliphatic heterocycles. The molecule has 1 rings (SSSR count). The number of nitrogens with one attached hydrogen (secondary N) is 1. The van der Waals surface area contributed by atoms with Crippen LogP contribution >= 0.6 is 0 Å². The van der Waals surface area contributed by atoms with Crippen LogP contribution in [0.2, 0.25) is 0 Å². The lowest BCUT2D eigenvalue weighted by Crippen LogP contribution is -2.27. The van der Waals surface area contributed by atoms with E-state index in [-0.39, 0.29) is 12.4 Å². The topological polar surface area (TPSA) is 56.8 Å². The molecule has 0 aliphatic rings. The summed E-state index contributed by atoms with van der Waals surface area (Å²) < 4.78 is 29.1. The van der Waals surface area contributed by atoms with Crippen LogP contribution in [-0.4, -0.2) is 38.9 Å². The van der Waals surface area contributed by atoms with Crippen molar-refractivity contribution >= 4 is 5.97 Å². The second-order valence-electron chi connectivity index (χ2n) is 4.41. The normalized spacial score (nSPS) is 12.0. The number of rotatable bonds is 9. The smallest absolute Gasteiger partial charge is 0.347 e. The van der Waals surface area contributed by atoms with Crippen LogP contribution in [0.4, 0.5) is 4.39 Å². The Balaban J connectivity index is 2.73. The van der Waals surface area contributed by atoms with Gasteiger partial charge < -0.3 is 19.5 Å². The summed E-state index contributed by atoms with van der Waals surface area (Å²) in [6.07, 6.45) is -0.862. The van der Waals surface area contributed by atoms with Crippen molar-refractivity contribution in [2.75, 3.05) is 26.9 Å². The molecule has 0 saturated carbocycles. The van der Waals surface area contributed by atoms with Crippen LogP contribution in [-0.2, 0) is 20.8 Å². The summed E-state index contributed by atoms with van der Waals surface area (Å²) >= 11 is 0. The highest BCUT2D eigenvalue weighted by molar-refractivity contribution is 5.74. The number of ether oxygens (including phenoxy) is 3. The monoisotopic (exact) mass is 299 g/mol. The summed E-state index contributed by atoms with van der Waals surface area (Å²) in [6, 6.07) is 4.65. The lowest BCUT2D eigenvalue weighted by molar-refractivity contribution is -0.150. The molecule has 0 saturated heterocycles. The fraction of sp³-hybridized carbons (Fsp3) is 0.533. The molecule has 0 fully saturated rings. The molecule has 1 unspecified atom stereocenters. The SMILES string of the molecule is CCOC(=O)C(C)Oc1c(F)cccc1CNCCOC. The van der Waals surface area contributed by atoms with Crippen LogP contribution in [0.5, 0.6) is 5.75 Å². The van der Waals surface area contributed by atoms with Gasteiger partial charge >= 0.3 is 5.97 Å². The third-order valence-electron chi connectivity index (χ3n) is 2.76. The van der Waals surface area contributed by atoms with Crippen molar-refractivity contribution in [3.05, 3.63) is 29.6 Å². The highest BCUT2D eigenvalue weighted by atomic mass is 19.1. The van der Waals surface area contributed by atoms with E-state index in [1.54, 1.807) is 26.2 Å². The lowest BCUT2D eigenvalue weighted by Gasteiger charge is -2.17. The Bertz CT molecular complexity index is 453. The van der Waals surface area contributed by atoms with Crippen molar-refractivity contribution in [1.82, 2.24) is 5.32 Å². The Hall–Kier alpha value is -1.66. The Labute approximate surface area is 124 Å². The zero-order valence-corrected chi connectivity index (χ0v) is 12.6. The van der Waals surface area contributed by atoms with E-state index in [1.807, 2.05) is 0 Å². The number of halogens is 1. The number of methoxy groups -OCH3 is 1. The van der Waals surface area contributed by atoms with Crippen molar-refractivity contribution in [3.8, 4) is 5.75 Å². The van der Waals surface area contributed by atoms with Gasteiger partial charge in [0.15, 0.2) is 17.7 Å². The number of benzene rings is 1. The van der Waals surface area contributed by atoms with Crippen LogP contribution in [0.15, 0.2) is 18.2 Å². The first-order valence-electron chi connectivity index (χ1n) is 6.90. The number of para-hydroxylation sites is 1. The summed E-state index contributed by atoms with van der Waals surface area (Å²) in [5.41, 5.74) is 0.641. The maximum Gasteiger partial charge on any atom is 0.347 e. The lowest BCUT2D eigenvalue weighted by atomic mass is 10.2. The van der Waals surface area contributed by atoms with Crippen LogP contribution in [0.3, 0.4) is 0 Å². The molecular weight excluding hydrogens is 277 g/mol. The molecule has 118 valence electrons. The van der Waals surface area contributed by atoms with Gasteiger partial charge in [0, 0.05) is 25.8 Å². The predicted molar refractivity (Wildman–Crippen MR) is 76.7 cm³/mol. The molecule has 0 heterocycles. The van der Waals surface area contributed by atoms with Crippen molar-refractivity contribution < 1.29 is 23.4 Å². The second-order valence-corrected chi connectivity index (χ2v) is 4.41. The first-order chi connectivity index (χ1) is 10.1. The highest BCUT2D eigenvalue weighted by Crippen LogP contribution is 2.24. The zero-order chi connectivity index (χ0) is 15.7. The summed E-state index contributed by atoms with van der Waals surface area (Å²) in [5, 5.41) is 3.11. The molecule has 0 radical (unpaired) electrons. The molecule has 6 heteroatoms. The first-order valence-corrected chi connectivity index (χ1v) is 6.90. The Morgan fingerprint density at radius 1 is 1.43 bits per heavy atom. The van der Waals surface area contributed by atoms with Gasteiger partial charge in [0.1, 0.15) is 0 Å². The summed E-state index contributed by atoms with van der Waals surface area (Å²) in [7, 11) is 1.61. The molecule has 0 spiro atoms. The molecule has 0 amide bonds. The minimum atomic E-state index is -0.862. The van der Waals surface area contributed by atoms with Gasteiger partial charge in [0.2, 0.25) is 0 Å². The van der Waals surface area contributed by atoms with Gasteiger partial charge in [-0.3, -0.25) is 0 Å². The van der Waals surface area contributed by atoms with E-state index < -0.39 is 17.9 Å². The molecule has 1 aromatic carbocycles. The minimum Gasteiger partial charge on any atom is -0.476 e. The molecule has 1 atom stereocenters. The van der Waals surface area contributed by atoms with Crippen molar-refractivity contribution in [2.45, 2.75) is 26.5 Å². The molecule has 5 nitrogen and oxygen atoms in total. The van der Waals surface area contributed by atoms with Gasteiger partial charge in [-0.2, -0.15) is 0 Å². The maximum absolute atomic E-state index is 13.9. The van der Waals surface area contributed by atoms with Crippen LogP contribution in [0.25, 0.3) is 0 Å². The van der Waals surface area contributed by atoms with Gasteiger partial charge in [-0.15, -0.1) is 0 Å². The third-order valence-corrected chi connectivity index (χ3v) is 2.76. The molecular formula is C15H22FNO4. The fourth-order valence-electron chi connectivity index (χ4n) is 1.71. The zero-order valence-electron chi connectivity index (χ0n) is 12.6. The molecule has 0 aromatic heterocycles. The summed E-state index contributed by atoms with van der Waals surface area (Å²) in [4.78, 5) is 11.6. The van der Waals surface area contributed by atoms with Gasteiger partial charge in [0.05, 0.1) is 13.2 Å². The number of carbonyl (C=O) groups excluding carboxylic acids is 1. The average Bonchev–Trinajstić information content (AvgIpc) is 2.46. The molecule has 0 bridgehead atoms. The fourth-order valence-corrected chi connectivity index (χ4v) is 1.71. The van der Waals surface area contributed by atoms with E-state index in [0.29, 0.717) is 25.3 Å². The molecule has 21 heavy (non-hydrogen) atoms. The second kappa shape index (κ2) is 9.31. The first kappa shape index (κ1) is 17.4. The molecule has 0 aliphatic carbocycles. The van der Waals surface area contributed by atoms with E-state index in [2.05, 4.69) is 5.32 Å². The largest absolute Gasteiger partial charge is 0.476 e. The molecule has 1 N–H and O–H groups in total. The Morgan fingerprint density at radius 3 is 2.86 bits per heavy atom. The predicted octanol–water partition coefficient (Wildman–Crippen LogP) is 1.89. The van der Waals surface area contributed by atoms with Gasteiger partial charge in [0.25, 0.3) is 0 Å². The van der Waals surface area contributed by atoms with E-state index >= 15 is 0 Å². The Morgan fingerprint density at radius 2 is 2.19 bits per heavy atom. The summed E-state index contributed by atoms with van der Waals surface area (Å²) in [6.45, 7) is 5.12. The van der Waals surface area contributed by atoms with Gasteiger partial charge in [-0.25, -0.2) is 9.18 Å². The van der Waals surface area contributed by atoms with Crippen LogP contribution in [0.1, 0.15) is 19.4 Å². The summed E-state index contributed by atoms with van der Waals surface area (Å²) in [5.74, 6) is -0.945. The number of hydrogen-bond acceptors (Lipinski definition) is 5. The van der Waals surface area contributed by atoms with Crippen LogP contribution < -0.4 is 10.1 Å². The minimum absolute atomic E-state index is 0.0722. The Kier molecular flexibility index (Phi) is 7.71. The van der Waals surface area contributed by atoms with E-state index in [0.717, 1.165) is 0 Å². The van der Waals surface area contributed by atoms with Crippen molar-refractivity contribution in [2.24, 2.45) is 0 Å². The van der Waals surface area contributed by atoms with E-state index in [9.17, 15) is 9.18 Å². The number of esters is 1. The number of carbonyl (C=O) groups is 1. The standard InChI is InChI=1S/C15H22FNO4/c1-4-20-15(18)11(2)21-14-12(6-5-7-13(14)16)10-17-8-9-19-3/h5-7,11,17H,4,8-10H2,1-3H3. The quantitative estimate of drug-likeness (QED) is 0.557. The maximum atomic E-state index is 13.9. The average molecular weight is 299 g/mol. The third kappa shape index (κ3) is 5.69. The number of hydrogen-bond donors (Lipinski definition) is 1. The van der Waals surface area contributed by atoms with Crippen molar-refractivity contribution in [1.29, 1.82) is 0 Å². The van der Waals surface area contributed by atoms with E-state index in [4.69, 9.17) is 14.2 Å². The molecule has 1 aromatic rings. The van der Waals surface area contributed by atoms with Crippen molar-refractivity contribution in [3.63, 3.8) is 0 Å².